The highest BCUT2D eigenvalue weighted by Gasteiger charge is 2.30. The highest BCUT2D eigenvalue weighted by Crippen LogP contribution is 2.37. The Hall–Kier alpha value is -2.03. The molecule has 3 rings (SSSR count). The van der Waals surface area contributed by atoms with Crippen molar-refractivity contribution in [3.8, 4) is 11.5 Å². The van der Waals surface area contributed by atoms with Gasteiger partial charge in [-0.2, -0.15) is 0 Å². The molecule has 0 heterocycles. The van der Waals surface area contributed by atoms with Crippen LogP contribution in [0.5, 0.6) is 11.5 Å². The van der Waals surface area contributed by atoms with Crippen LogP contribution in [0.1, 0.15) is 17.5 Å². The van der Waals surface area contributed by atoms with Crippen LogP contribution < -0.4 is 14.2 Å². The first-order valence-corrected chi connectivity index (χ1v) is 11.5. The summed E-state index contributed by atoms with van der Waals surface area (Å²) in [5.74, 6) is 1.01. The van der Waals surface area contributed by atoms with Crippen molar-refractivity contribution < 1.29 is 22.3 Å². The molecule has 6 nitrogen and oxygen atoms in total. The molecule has 1 unspecified atom stereocenters. The van der Waals surface area contributed by atoms with E-state index in [4.69, 9.17) is 21.1 Å². The summed E-state index contributed by atoms with van der Waals surface area (Å²) in [5, 5.41) is 0.393. The molecule has 0 amide bonds. The van der Waals surface area contributed by atoms with Crippen molar-refractivity contribution in [2.24, 2.45) is 0 Å². The van der Waals surface area contributed by atoms with Crippen LogP contribution >= 0.6 is 11.6 Å². The Kier molecular flexibility index (Phi) is 7.10. The van der Waals surface area contributed by atoms with E-state index in [9.17, 15) is 12.8 Å². The van der Waals surface area contributed by atoms with Gasteiger partial charge in [0.15, 0.2) is 0 Å². The van der Waals surface area contributed by atoms with Gasteiger partial charge in [0.1, 0.15) is 18.2 Å². The zero-order valence-electron chi connectivity index (χ0n) is 17.2. The average molecular weight is 457 g/mol. The van der Waals surface area contributed by atoms with E-state index in [-0.39, 0.29) is 16.6 Å². The third-order valence-corrected chi connectivity index (χ3v) is 7.17. The Morgan fingerprint density at radius 3 is 2.53 bits per heavy atom. The largest absolute Gasteiger partial charge is 0.496 e. The molecule has 0 radical (unpaired) electrons. The van der Waals surface area contributed by atoms with Crippen molar-refractivity contribution in [3.05, 3.63) is 46.5 Å². The van der Waals surface area contributed by atoms with Crippen LogP contribution in [0.4, 0.5) is 10.1 Å². The normalized spacial score (nSPS) is 16.3. The lowest BCUT2D eigenvalue weighted by Gasteiger charge is -2.33. The minimum Gasteiger partial charge on any atom is -0.496 e. The fourth-order valence-electron chi connectivity index (χ4n) is 3.89. The summed E-state index contributed by atoms with van der Waals surface area (Å²) in [4.78, 5) is 2.17. The van der Waals surface area contributed by atoms with Crippen LogP contribution in [-0.4, -0.2) is 53.8 Å². The highest BCUT2D eigenvalue weighted by molar-refractivity contribution is 7.92. The number of anilines is 1. The Balaban J connectivity index is 1.99. The molecule has 0 spiro atoms. The molecule has 2 aromatic rings. The highest BCUT2D eigenvalue weighted by atomic mass is 35.5. The number of halogens is 2. The van der Waals surface area contributed by atoms with Crippen LogP contribution in [0.2, 0.25) is 5.02 Å². The second-order valence-corrected chi connectivity index (χ2v) is 9.33. The van der Waals surface area contributed by atoms with Gasteiger partial charge in [-0.15, -0.1) is 0 Å². The van der Waals surface area contributed by atoms with Gasteiger partial charge in [0.2, 0.25) is 0 Å². The summed E-state index contributed by atoms with van der Waals surface area (Å²) in [5.41, 5.74) is 1.85. The van der Waals surface area contributed by atoms with E-state index in [1.807, 2.05) is 11.9 Å². The summed E-state index contributed by atoms with van der Waals surface area (Å²) in [7, 11) is 1.02. The maximum absolute atomic E-state index is 13.3. The molecule has 0 aliphatic heterocycles. The average Bonchev–Trinajstić information content (AvgIpc) is 2.72. The molecule has 9 heteroatoms. The summed E-state index contributed by atoms with van der Waals surface area (Å²) < 4.78 is 52.6. The Labute approximate surface area is 182 Å². The van der Waals surface area contributed by atoms with Gasteiger partial charge < -0.3 is 14.4 Å². The van der Waals surface area contributed by atoms with Gasteiger partial charge in [-0.05, 0) is 62.2 Å². The summed E-state index contributed by atoms with van der Waals surface area (Å²) >= 11 is 6.04. The third kappa shape index (κ3) is 4.66. The van der Waals surface area contributed by atoms with E-state index in [0.717, 1.165) is 17.5 Å². The van der Waals surface area contributed by atoms with Gasteiger partial charge in [-0.1, -0.05) is 11.6 Å². The van der Waals surface area contributed by atoms with Gasteiger partial charge in [-0.3, -0.25) is 4.72 Å². The van der Waals surface area contributed by atoms with E-state index in [0.29, 0.717) is 35.9 Å². The number of fused-ring (bicyclic) bond motifs is 1. The van der Waals surface area contributed by atoms with Crippen molar-refractivity contribution in [2.75, 3.05) is 39.2 Å². The first-order valence-electron chi connectivity index (χ1n) is 9.62. The zero-order valence-corrected chi connectivity index (χ0v) is 18.8. The van der Waals surface area contributed by atoms with Crippen molar-refractivity contribution in [1.29, 1.82) is 0 Å². The van der Waals surface area contributed by atoms with E-state index < -0.39 is 16.7 Å². The van der Waals surface area contributed by atoms with Crippen LogP contribution in [0.15, 0.2) is 35.2 Å². The van der Waals surface area contributed by atoms with Gasteiger partial charge in [-0.25, -0.2) is 12.8 Å². The number of benzene rings is 2. The Bertz CT molecular complexity index is 1020. The Morgan fingerprint density at radius 2 is 1.87 bits per heavy atom. The quantitative estimate of drug-likeness (QED) is 0.652. The number of alkyl halides is 1. The summed E-state index contributed by atoms with van der Waals surface area (Å²) in [6, 6.07) is 8.09. The van der Waals surface area contributed by atoms with Gasteiger partial charge >= 0.3 is 0 Å². The molecular weight excluding hydrogens is 431 g/mol. The Morgan fingerprint density at radius 1 is 1.17 bits per heavy atom. The zero-order chi connectivity index (χ0) is 21.9. The van der Waals surface area contributed by atoms with Crippen molar-refractivity contribution in [2.45, 2.75) is 30.2 Å². The summed E-state index contributed by atoms with van der Waals surface area (Å²) in [6.07, 6.45) is 1.88. The number of nitrogens with zero attached hydrogens (tertiary/aromatic N) is 1. The first-order chi connectivity index (χ1) is 14.3. The molecular formula is C21H26ClFN2O4S. The van der Waals surface area contributed by atoms with Crippen LogP contribution in [-0.2, 0) is 22.9 Å². The lowest BCUT2D eigenvalue weighted by atomic mass is 9.87. The lowest BCUT2D eigenvalue weighted by Crippen LogP contribution is -2.38. The van der Waals surface area contributed by atoms with Crippen LogP contribution in [0, 0.1) is 0 Å². The number of hydrogen-bond acceptors (Lipinski definition) is 5. The molecule has 0 saturated heterocycles. The van der Waals surface area contributed by atoms with Gasteiger partial charge in [0, 0.05) is 23.2 Å². The molecule has 1 atom stereocenters. The van der Waals surface area contributed by atoms with Crippen LogP contribution in [0.25, 0.3) is 0 Å². The second kappa shape index (κ2) is 9.41. The van der Waals surface area contributed by atoms with E-state index in [1.54, 1.807) is 31.4 Å². The number of methoxy groups -OCH3 is 2. The van der Waals surface area contributed by atoms with Gasteiger partial charge in [0.05, 0.1) is 24.8 Å². The van der Waals surface area contributed by atoms with Crippen LogP contribution in [0.3, 0.4) is 0 Å². The molecule has 164 valence electrons. The molecule has 2 aromatic carbocycles. The fraction of sp³-hybridized carbons (Fsp3) is 0.429. The molecule has 1 aliphatic rings. The number of ether oxygens (including phenoxy) is 2. The summed E-state index contributed by atoms with van der Waals surface area (Å²) in [6.45, 7) is -0.0762. The van der Waals surface area contributed by atoms with E-state index in [1.165, 1.54) is 13.2 Å². The van der Waals surface area contributed by atoms with Crippen molar-refractivity contribution in [1.82, 2.24) is 4.90 Å². The smallest absolute Gasteiger partial charge is 0.262 e. The van der Waals surface area contributed by atoms with Crippen molar-refractivity contribution >= 4 is 27.3 Å². The fourth-order valence-corrected chi connectivity index (χ4v) is 5.42. The number of rotatable bonds is 8. The molecule has 0 fully saturated rings. The predicted molar refractivity (Wildman–Crippen MR) is 116 cm³/mol. The van der Waals surface area contributed by atoms with Crippen molar-refractivity contribution in [3.63, 3.8) is 0 Å². The minimum absolute atomic E-state index is 0.126. The third-order valence-electron chi connectivity index (χ3n) is 5.49. The molecule has 0 bridgehead atoms. The van der Waals surface area contributed by atoms with Gasteiger partial charge in [0.25, 0.3) is 10.0 Å². The molecule has 0 saturated carbocycles. The minimum atomic E-state index is -3.89. The topological polar surface area (TPSA) is 67.9 Å². The first kappa shape index (κ1) is 22.7. The SMILES string of the molecule is COc1ccc(Cl)cc1NS(=O)(=O)c1ccc(OC)c2c1CCC(N(C)CCF)C2. The number of nitrogens with one attached hydrogen (secondary N) is 1. The van der Waals surface area contributed by atoms with E-state index in [2.05, 4.69) is 4.72 Å². The second-order valence-electron chi connectivity index (χ2n) is 7.24. The predicted octanol–water partition coefficient (Wildman–Crippen LogP) is 3.92. The number of sulfonamides is 1. The number of hydrogen-bond donors (Lipinski definition) is 1. The maximum atomic E-state index is 13.3. The number of likely N-dealkylation sites (N-methyl/N-ethyl adjacent to an activating group) is 1. The molecule has 30 heavy (non-hydrogen) atoms. The molecule has 1 N–H and O–H groups in total. The maximum Gasteiger partial charge on any atom is 0.262 e. The standard InChI is InChI=1S/C21H26ClFN2O4S/c1-25(11-10-23)15-5-6-16-17(13-15)19(28-2)8-9-21(16)30(26,27)24-18-12-14(22)4-7-20(18)29-3/h4,7-9,12,15,24H,5-6,10-11,13H2,1-3H3. The van der Waals surface area contributed by atoms with E-state index >= 15 is 0 Å². The molecule has 0 aromatic heterocycles. The monoisotopic (exact) mass is 456 g/mol. The molecule has 1 aliphatic carbocycles. The lowest BCUT2D eigenvalue weighted by molar-refractivity contribution is 0.203.